The van der Waals surface area contributed by atoms with Crippen molar-refractivity contribution in [2.75, 3.05) is 26.7 Å². The van der Waals surface area contributed by atoms with Crippen molar-refractivity contribution >= 4 is 0 Å². The van der Waals surface area contributed by atoms with Crippen molar-refractivity contribution in [2.24, 2.45) is 0 Å². The number of hydrogen-bond acceptors (Lipinski definition) is 2. The van der Waals surface area contributed by atoms with Crippen LogP contribution in [0, 0.1) is 6.04 Å². The van der Waals surface area contributed by atoms with Crippen LogP contribution >= 0.6 is 0 Å². The predicted molar refractivity (Wildman–Crippen MR) is 66.7 cm³/mol. The van der Waals surface area contributed by atoms with E-state index in [0.29, 0.717) is 0 Å². The number of likely N-dealkylation sites (N-methyl/N-ethyl adjacent to an activating group) is 2. The first kappa shape index (κ1) is 13.0. The molecule has 0 N–H and O–H groups in total. The summed E-state index contributed by atoms with van der Waals surface area (Å²) in [7, 11) is 2.25. The molecule has 2 nitrogen and oxygen atoms in total. The Morgan fingerprint density at radius 2 is 1.73 bits per heavy atom. The smallest absolute Gasteiger partial charge is 0.0561 e. The van der Waals surface area contributed by atoms with Gasteiger partial charge in [-0.3, -0.25) is 9.80 Å². The lowest BCUT2D eigenvalue weighted by atomic mass is 9.88. The lowest BCUT2D eigenvalue weighted by Gasteiger charge is -2.42. The van der Waals surface area contributed by atoms with Crippen molar-refractivity contribution in [3.63, 3.8) is 0 Å². The topological polar surface area (TPSA) is 6.48 Å². The Balaban J connectivity index is 2.63. The van der Waals surface area contributed by atoms with Crippen LogP contribution in [0.15, 0.2) is 0 Å². The maximum atomic E-state index is 2.61. The molecule has 1 aliphatic rings. The molecule has 0 spiro atoms. The summed E-state index contributed by atoms with van der Waals surface area (Å²) in [6.45, 7) is 10.3. The van der Waals surface area contributed by atoms with Gasteiger partial charge in [-0.1, -0.05) is 33.6 Å². The molecule has 0 aliphatic heterocycles. The normalized spacial score (nSPS) is 24.0. The highest BCUT2D eigenvalue weighted by Gasteiger charge is 2.31. The maximum absolute atomic E-state index is 2.61. The van der Waals surface area contributed by atoms with Crippen LogP contribution in [-0.4, -0.2) is 42.5 Å². The molecular formula is C13H27N2. The fourth-order valence-corrected chi connectivity index (χ4v) is 2.68. The van der Waals surface area contributed by atoms with E-state index in [9.17, 15) is 0 Å². The average Bonchev–Trinajstić information content (AvgIpc) is 2.30. The predicted octanol–water partition coefficient (Wildman–Crippen LogP) is 2.75. The van der Waals surface area contributed by atoms with Gasteiger partial charge in [-0.25, -0.2) is 0 Å². The van der Waals surface area contributed by atoms with Crippen LogP contribution in [0.25, 0.3) is 0 Å². The molecule has 0 aromatic carbocycles. The second kappa shape index (κ2) is 6.49. The summed E-state index contributed by atoms with van der Waals surface area (Å²) in [6, 6.07) is 2.39. The van der Waals surface area contributed by atoms with Gasteiger partial charge >= 0.3 is 0 Å². The van der Waals surface area contributed by atoms with Crippen LogP contribution in [0.1, 0.15) is 46.5 Å². The molecule has 1 fully saturated rings. The van der Waals surface area contributed by atoms with Gasteiger partial charge in [0.1, 0.15) is 0 Å². The summed E-state index contributed by atoms with van der Waals surface area (Å²) in [6.07, 6.45) is 5.46. The minimum absolute atomic E-state index is 0.721. The zero-order valence-electron chi connectivity index (χ0n) is 10.9. The Hall–Kier alpha value is -0.0800. The Bertz CT molecular complexity index is 166. The second-order valence-electron chi connectivity index (χ2n) is 4.49. The lowest BCUT2D eigenvalue weighted by molar-refractivity contribution is 0.133. The average molecular weight is 211 g/mol. The molecule has 2 heteroatoms. The van der Waals surface area contributed by atoms with Crippen LogP contribution in [-0.2, 0) is 0 Å². The van der Waals surface area contributed by atoms with E-state index < -0.39 is 0 Å². The van der Waals surface area contributed by atoms with Gasteiger partial charge in [0.25, 0.3) is 0 Å². The van der Waals surface area contributed by atoms with Crippen molar-refractivity contribution in [1.29, 1.82) is 0 Å². The molecule has 0 saturated heterocycles. The summed E-state index contributed by atoms with van der Waals surface area (Å²) < 4.78 is 0. The van der Waals surface area contributed by atoms with Crippen molar-refractivity contribution in [1.82, 2.24) is 9.80 Å². The molecule has 1 atom stereocenters. The molecule has 0 bridgehead atoms. The van der Waals surface area contributed by atoms with E-state index >= 15 is 0 Å². The number of hydrogen-bond donors (Lipinski definition) is 0. The van der Waals surface area contributed by atoms with Gasteiger partial charge in [-0.15, -0.1) is 0 Å². The SMILES string of the molecule is CCN(C)[C]1CCCCC1N(CC)CC. The van der Waals surface area contributed by atoms with Gasteiger partial charge in [0.05, 0.1) is 6.04 Å². The Morgan fingerprint density at radius 1 is 1.07 bits per heavy atom. The molecule has 1 radical (unpaired) electrons. The number of rotatable bonds is 5. The Kier molecular flexibility index (Phi) is 5.62. The third-order valence-corrected chi connectivity index (χ3v) is 3.76. The minimum atomic E-state index is 0.721. The van der Waals surface area contributed by atoms with E-state index in [1.54, 1.807) is 6.04 Å². The van der Waals surface area contributed by atoms with Gasteiger partial charge in [0.15, 0.2) is 0 Å². The zero-order chi connectivity index (χ0) is 11.3. The van der Waals surface area contributed by atoms with Crippen LogP contribution in [0.5, 0.6) is 0 Å². The molecule has 89 valence electrons. The summed E-state index contributed by atoms with van der Waals surface area (Å²) in [4.78, 5) is 5.07. The minimum Gasteiger partial charge on any atom is -0.299 e. The molecule has 0 amide bonds. The third kappa shape index (κ3) is 3.18. The van der Waals surface area contributed by atoms with Crippen LogP contribution in [0.2, 0.25) is 0 Å². The Labute approximate surface area is 95.6 Å². The first-order valence-electron chi connectivity index (χ1n) is 6.55. The van der Waals surface area contributed by atoms with Crippen molar-refractivity contribution < 1.29 is 0 Å². The molecule has 1 saturated carbocycles. The molecule has 1 aliphatic carbocycles. The van der Waals surface area contributed by atoms with Crippen molar-refractivity contribution in [3.05, 3.63) is 6.04 Å². The molecule has 0 aromatic rings. The third-order valence-electron chi connectivity index (χ3n) is 3.76. The lowest BCUT2D eigenvalue weighted by Crippen LogP contribution is -2.47. The van der Waals surface area contributed by atoms with Crippen LogP contribution in [0.4, 0.5) is 0 Å². The first-order valence-corrected chi connectivity index (χ1v) is 6.55. The molecule has 1 unspecified atom stereocenters. The molecule has 15 heavy (non-hydrogen) atoms. The van der Waals surface area contributed by atoms with E-state index in [1.165, 1.54) is 38.8 Å². The van der Waals surface area contributed by atoms with E-state index in [0.717, 1.165) is 12.6 Å². The summed E-state index contributed by atoms with van der Waals surface area (Å²) in [5, 5.41) is 0. The van der Waals surface area contributed by atoms with Gasteiger partial charge < -0.3 is 0 Å². The van der Waals surface area contributed by atoms with Gasteiger partial charge in [-0.05, 0) is 39.5 Å². The van der Waals surface area contributed by atoms with Crippen LogP contribution < -0.4 is 0 Å². The molecule has 0 heterocycles. The second-order valence-corrected chi connectivity index (χ2v) is 4.49. The van der Waals surface area contributed by atoms with Crippen molar-refractivity contribution in [3.8, 4) is 0 Å². The van der Waals surface area contributed by atoms with E-state index in [4.69, 9.17) is 0 Å². The van der Waals surface area contributed by atoms with E-state index in [-0.39, 0.29) is 0 Å². The quantitative estimate of drug-likeness (QED) is 0.690. The highest BCUT2D eigenvalue weighted by atomic mass is 15.2. The van der Waals surface area contributed by atoms with E-state index in [2.05, 4.69) is 37.6 Å². The molecule has 1 rings (SSSR count). The molecular weight excluding hydrogens is 184 g/mol. The van der Waals surface area contributed by atoms with Gasteiger partial charge in [0, 0.05) is 6.04 Å². The zero-order valence-corrected chi connectivity index (χ0v) is 10.9. The van der Waals surface area contributed by atoms with E-state index in [1.807, 2.05) is 0 Å². The van der Waals surface area contributed by atoms with Crippen molar-refractivity contribution in [2.45, 2.75) is 52.5 Å². The summed E-state index contributed by atoms with van der Waals surface area (Å²) >= 11 is 0. The number of nitrogens with zero attached hydrogens (tertiary/aromatic N) is 2. The largest absolute Gasteiger partial charge is 0.299 e. The first-order chi connectivity index (χ1) is 7.24. The van der Waals surface area contributed by atoms with Gasteiger partial charge in [-0.2, -0.15) is 0 Å². The molecule has 0 aromatic heterocycles. The van der Waals surface area contributed by atoms with Gasteiger partial charge in [0.2, 0.25) is 0 Å². The summed E-state index contributed by atoms with van der Waals surface area (Å²) in [5.74, 6) is 0. The van der Waals surface area contributed by atoms with Crippen LogP contribution in [0.3, 0.4) is 0 Å². The highest BCUT2D eigenvalue weighted by Crippen LogP contribution is 2.31. The maximum Gasteiger partial charge on any atom is 0.0561 e. The monoisotopic (exact) mass is 211 g/mol. The summed E-state index contributed by atoms with van der Waals surface area (Å²) in [5.41, 5.74) is 0. The standard InChI is InChI=1S/C13H27N2/c1-5-14(4)12-10-8-9-11-13(12)15(6-2)7-3/h13H,5-11H2,1-4H3. The highest BCUT2D eigenvalue weighted by molar-refractivity contribution is 5.03. The fourth-order valence-electron chi connectivity index (χ4n) is 2.68. The fraction of sp³-hybridized carbons (Fsp3) is 0.923. The Morgan fingerprint density at radius 3 is 2.27 bits per heavy atom.